The minimum atomic E-state index is -0.527. The maximum Gasteiger partial charge on any atom is 0.156 e. The van der Waals surface area contributed by atoms with Crippen molar-refractivity contribution in [2.75, 3.05) is 7.11 Å². The summed E-state index contributed by atoms with van der Waals surface area (Å²) in [4.78, 5) is 8.93. The summed E-state index contributed by atoms with van der Waals surface area (Å²) in [6.45, 7) is 0. The average molecular weight is 383 g/mol. The van der Waals surface area contributed by atoms with E-state index in [1.807, 2.05) is 24.3 Å². The van der Waals surface area contributed by atoms with Crippen molar-refractivity contribution < 1.29 is 4.74 Å². The van der Waals surface area contributed by atoms with Gasteiger partial charge >= 0.3 is 0 Å². The highest BCUT2D eigenvalue weighted by Crippen LogP contribution is 2.37. The fourth-order valence-electron chi connectivity index (χ4n) is 2.56. The lowest BCUT2D eigenvalue weighted by Gasteiger charge is -2.17. The Morgan fingerprint density at radius 3 is 2.42 bits per heavy atom. The number of ether oxygens (including phenoxy) is 1. The van der Waals surface area contributed by atoms with Crippen molar-refractivity contribution in [2.45, 2.75) is 11.9 Å². The molecule has 2 N–H and O–H groups in total. The number of halogens is 3. The van der Waals surface area contributed by atoms with Gasteiger partial charge < -0.3 is 10.5 Å². The van der Waals surface area contributed by atoms with E-state index in [0.717, 1.165) is 16.5 Å². The van der Waals surface area contributed by atoms with E-state index >= 15 is 0 Å². The third-order valence-corrected chi connectivity index (χ3v) is 4.48. The molecule has 1 unspecified atom stereocenters. The number of hydrogen-bond donors (Lipinski definition) is 1. The maximum absolute atomic E-state index is 6.44. The third kappa shape index (κ3) is 3.15. The Bertz CT molecular complexity index is 878. The fourth-order valence-corrected chi connectivity index (χ4v) is 3.34. The molecule has 0 radical (unpaired) electrons. The first-order chi connectivity index (χ1) is 11.5. The van der Waals surface area contributed by atoms with Crippen molar-refractivity contribution in [3.05, 3.63) is 63.5 Å². The van der Waals surface area contributed by atoms with Crippen molar-refractivity contribution in [1.29, 1.82) is 0 Å². The summed E-state index contributed by atoms with van der Waals surface area (Å²) >= 11 is 18.4. The molecule has 2 aromatic carbocycles. The zero-order valence-electron chi connectivity index (χ0n) is 12.8. The van der Waals surface area contributed by atoms with Gasteiger partial charge in [0.25, 0.3) is 0 Å². The zero-order valence-corrected chi connectivity index (χ0v) is 15.0. The van der Waals surface area contributed by atoms with Crippen LogP contribution < -0.4 is 10.5 Å². The lowest BCUT2D eigenvalue weighted by molar-refractivity contribution is 0.415. The SMILES string of the molecule is COc1c(Cl)cc(C(N)c2nc(CCl)nc3ccccc23)cc1Cl. The molecule has 24 heavy (non-hydrogen) atoms. The smallest absolute Gasteiger partial charge is 0.156 e. The Morgan fingerprint density at radius 1 is 1.12 bits per heavy atom. The Morgan fingerprint density at radius 2 is 1.79 bits per heavy atom. The van der Waals surface area contributed by atoms with Crippen LogP contribution >= 0.6 is 34.8 Å². The highest BCUT2D eigenvalue weighted by molar-refractivity contribution is 6.37. The van der Waals surface area contributed by atoms with Gasteiger partial charge in [0, 0.05) is 5.39 Å². The minimum absolute atomic E-state index is 0.203. The van der Waals surface area contributed by atoms with Gasteiger partial charge in [-0.2, -0.15) is 0 Å². The van der Waals surface area contributed by atoms with E-state index in [-0.39, 0.29) is 5.88 Å². The van der Waals surface area contributed by atoms with Crippen LogP contribution in [0.5, 0.6) is 5.75 Å². The topological polar surface area (TPSA) is 61.0 Å². The van der Waals surface area contributed by atoms with Gasteiger partial charge in [-0.15, -0.1) is 11.6 Å². The van der Waals surface area contributed by atoms with Crippen LogP contribution in [0.1, 0.15) is 23.1 Å². The molecule has 0 bridgehead atoms. The van der Waals surface area contributed by atoms with Crippen LogP contribution in [-0.4, -0.2) is 17.1 Å². The van der Waals surface area contributed by atoms with Gasteiger partial charge in [0.2, 0.25) is 0 Å². The number of methoxy groups -OCH3 is 1. The predicted octanol–water partition coefficient (Wildman–Crippen LogP) is 4.73. The number of hydrogen-bond acceptors (Lipinski definition) is 4. The molecular formula is C17H14Cl3N3O. The summed E-state index contributed by atoms with van der Waals surface area (Å²) in [5.41, 5.74) is 8.64. The van der Waals surface area contributed by atoms with Crippen LogP contribution in [-0.2, 0) is 5.88 Å². The first kappa shape index (κ1) is 17.2. The number of alkyl halides is 1. The molecule has 0 amide bonds. The standard InChI is InChI=1S/C17H14Cl3N3O/c1-24-17-11(19)6-9(7-12(17)20)15(21)16-10-4-2-3-5-13(10)22-14(8-18)23-16/h2-7,15H,8,21H2,1H3. The molecule has 124 valence electrons. The van der Waals surface area contributed by atoms with Crippen LogP contribution in [0.2, 0.25) is 10.0 Å². The molecule has 1 aromatic heterocycles. The molecule has 0 saturated carbocycles. The first-order valence-corrected chi connectivity index (χ1v) is 8.44. The molecule has 0 aliphatic carbocycles. The van der Waals surface area contributed by atoms with E-state index in [2.05, 4.69) is 9.97 Å². The van der Waals surface area contributed by atoms with Crippen LogP contribution in [0.15, 0.2) is 36.4 Å². The summed E-state index contributed by atoms with van der Waals surface area (Å²) in [6.07, 6.45) is 0. The molecule has 0 aliphatic rings. The van der Waals surface area contributed by atoms with Gasteiger partial charge in [-0.25, -0.2) is 9.97 Å². The van der Waals surface area contributed by atoms with Gasteiger partial charge in [0.15, 0.2) is 5.75 Å². The van der Waals surface area contributed by atoms with Gasteiger partial charge in [-0.3, -0.25) is 0 Å². The van der Waals surface area contributed by atoms with E-state index < -0.39 is 6.04 Å². The third-order valence-electron chi connectivity index (χ3n) is 3.68. The van der Waals surface area contributed by atoms with E-state index in [0.29, 0.717) is 27.3 Å². The second-order valence-electron chi connectivity index (χ2n) is 5.17. The van der Waals surface area contributed by atoms with Crippen molar-refractivity contribution in [3.63, 3.8) is 0 Å². The second-order valence-corrected chi connectivity index (χ2v) is 6.25. The Kier molecular flexibility index (Phi) is 5.11. The zero-order chi connectivity index (χ0) is 17.3. The molecular weight excluding hydrogens is 369 g/mol. The summed E-state index contributed by atoms with van der Waals surface area (Å²) in [7, 11) is 1.51. The number of benzene rings is 2. The number of nitrogens with two attached hydrogens (primary N) is 1. The van der Waals surface area contributed by atoms with E-state index in [9.17, 15) is 0 Å². The lowest BCUT2D eigenvalue weighted by atomic mass is 10.0. The van der Waals surface area contributed by atoms with E-state index in [1.165, 1.54) is 7.11 Å². The summed E-state index contributed by atoms with van der Waals surface area (Å²) < 4.78 is 5.18. The Balaban J connectivity index is 2.17. The van der Waals surface area contributed by atoms with Gasteiger partial charge in [-0.1, -0.05) is 41.4 Å². The summed E-state index contributed by atoms with van der Waals surface area (Å²) in [6, 6.07) is 10.6. The van der Waals surface area contributed by atoms with Crippen LogP contribution in [0.4, 0.5) is 0 Å². The molecule has 0 saturated heterocycles. The van der Waals surface area contributed by atoms with Gasteiger partial charge in [0.05, 0.1) is 40.3 Å². The summed E-state index contributed by atoms with van der Waals surface area (Å²) in [5.74, 6) is 1.14. The predicted molar refractivity (Wildman–Crippen MR) is 98.1 cm³/mol. The maximum atomic E-state index is 6.44. The number of aromatic nitrogens is 2. The van der Waals surface area contributed by atoms with Crippen molar-refractivity contribution in [2.24, 2.45) is 5.73 Å². The number of para-hydroxylation sites is 1. The molecule has 1 atom stereocenters. The molecule has 0 aliphatic heterocycles. The second kappa shape index (κ2) is 7.11. The molecule has 7 heteroatoms. The fraction of sp³-hybridized carbons (Fsp3) is 0.176. The van der Waals surface area contributed by atoms with Gasteiger partial charge in [-0.05, 0) is 23.8 Å². The van der Waals surface area contributed by atoms with Crippen LogP contribution in [0, 0.1) is 0 Å². The Labute approximate surface area is 154 Å². The highest BCUT2D eigenvalue weighted by atomic mass is 35.5. The number of rotatable bonds is 4. The first-order valence-electron chi connectivity index (χ1n) is 7.15. The quantitative estimate of drug-likeness (QED) is 0.663. The van der Waals surface area contributed by atoms with Crippen molar-refractivity contribution >= 4 is 45.7 Å². The van der Waals surface area contributed by atoms with Crippen molar-refractivity contribution in [1.82, 2.24) is 9.97 Å². The molecule has 3 rings (SSSR count). The van der Waals surface area contributed by atoms with Crippen LogP contribution in [0.3, 0.4) is 0 Å². The monoisotopic (exact) mass is 381 g/mol. The molecule has 4 nitrogen and oxygen atoms in total. The normalized spacial score (nSPS) is 12.4. The van der Waals surface area contributed by atoms with Crippen molar-refractivity contribution in [3.8, 4) is 5.75 Å². The lowest BCUT2D eigenvalue weighted by Crippen LogP contribution is -2.16. The summed E-state index contributed by atoms with van der Waals surface area (Å²) in [5, 5.41) is 1.65. The van der Waals surface area contributed by atoms with E-state index in [4.69, 9.17) is 45.3 Å². The number of fused-ring (bicyclic) bond motifs is 1. The van der Waals surface area contributed by atoms with Gasteiger partial charge in [0.1, 0.15) is 5.82 Å². The average Bonchev–Trinajstić information content (AvgIpc) is 2.59. The molecule has 3 aromatic rings. The molecule has 0 fully saturated rings. The van der Waals surface area contributed by atoms with E-state index in [1.54, 1.807) is 12.1 Å². The highest BCUT2D eigenvalue weighted by Gasteiger charge is 2.19. The van der Waals surface area contributed by atoms with Crippen LogP contribution in [0.25, 0.3) is 10.9 Å². The Hall–Kier alpha value is -1.59. The minimum Gasteiger partial charge on any atom is -0.494 e. The molecule has 0 spiro atoms. The number of nitrogens with zero attached hydrogens (tertiary/aromatic N) is 2. The largest absolute Gasteiger partial charge is 0.494 e. The molecule has 1 heterocycles.